The van der Waals surface area contributed by atoms with Crippen molar-refractivity contribution in [2.75, 3.05) is 48.8 Å². The monoisotopic (exact) mass is 550 g/mol. The molecule has 2 rings (SSSR count). The van der Waals surface area contributed by atoms with Gasteiger partial charge in [-0.05, 0) is 42.0 Å². The molecule has 0 saturated carbocycles. The molecule has 0 aromatic heterocycles. The Morgan fingerprint density at radius 2 is 1.05 bits per heavy atom. The third-order valence-electron chi connectivity index (χ3n) is 6.05. The lowest BCUT2D eigenvalue weighted by atomic mass is 9.86. The first kappa shape index (κ1) is 31.0. The second-order valence-electron chi connectivity index (χ2n) is 10.2. The van der Waals surface area contributed by atoms with Gasteiger partial charge in [-0.1, -0.05) is 27.7 Å². The minimum absolute atomic E-state index is 0.0348. The van der Waals surface area contributed by atoms with Crippen molar-refractivity contribution in [3.05, 3.63) is 35.4 Å². The van der Waals surface area contributed by atoms with E-state index >= 15 is 0 Å². The van der Waals surface area contributed by atoms with Crippen LogP contribution < -0.4 is 28.4 Å². The van der Waals surface area contributed by atoms with Crippen molar-refractivity contribution in [1.29, 1.82) is 0 Å². The number of hydrogen-bond acceptors (Lipinski definition) is 9. The maximum absolute atomic E-state index is 14.8. The fourth-order valence-electron chi connectivity index (χ4n) is 4.74. The first-order valence-corrected chi connectivity index (χ1v) is 14.0. The number of carbonyl (C=O) groups excluding carboxylic acids is 2. The number of hydrogen-bond donors (Lipinski definition) is 0. The van der Waals surface area contributed by atoms with Gasteiger partial charge in [0, 0.05) is 6.16 Å². The van der Waals surface area contributed by atoms with Gasteiger partial charge in [-0.25, -0.2) is 0 Å². The van der Waals surface area contributed by atoms with Crippen molar-refractivity contribution in [2.45, 2.75) is 34.1 Å². The van der Waals surface area contributed by atoms with Crippen LogP contribution in [0.1, 0.15) is 54.8 Å². The molecule has 210 valence electrons. The summed E-state index contributed by atoms with van der Waals surface area (Å²) in [4.78, 5) is 28.3. The van der Waals surface area contributed by atoms with Crippen LogP contribution in [0.15, 0.2) is 24.3 Å². The summed E-state index contributed by atoms with van der Waals surface area (Å²) in [7, 11) is 4.12. The number of benzene rings is 2. The van der Waals surface area contributed by atoms with E-state index in [1.165, 1.54) is 66.9 Å². The average molecular weight is 551 g/mol. The highest BCUT2D eigenvalue weighted by Gasteiger charge is 2.45. The molecule has 0 bridgehead atoms. The molecule has 0 aliphatic heterocycles. The Morgan fingerprint density at radius 3 is 1.34 bits per heavy atom. The molecular formula is C28H39O9P. The highest BCUT2D eigenvalue weighted by molar-refractivity contribution is 7.95. The van der Waals surface area contributed by atoms with E-state index in [9.17, 15) is 14.2 Å². The van der Waals surface area contributed by atoms with E-state index < -0.39 is 18.2 Å². The maximum Gasteiger partial charge on any atom is 0.232 e. The lowest BCUT2D eigenvalue weighted by Gasteiger charge is -2.27. The van der Waals surface area contributed by atoms with Gasteiger partial charge in [0.2, 0.25) is 29.7 Å². The molecule has 2 aromatic rings. The van der Waals surface area contributed by atoms with E-state index in [0.717, 1.165) is 0 Å². The largest absolute Gasteiger partial charge is 0.493 e. The lowest BCUT2D eigenvalue weighted by molar-refractivity contribution is 0.103. The van der Waals surface area contributed by atoms with E-state index in [1.807, 2.05) is 27.7 Å². The van der Waals surface area contributed by atoms with Crippen molar-refractivity contribution in [1.82, 2.24) is 0 Å². The van der Waals surface area contributed by atoms with Gasteiger partial charge < -0.3 is 33.0 Å². The summed E-state index contributed by atoms with van der Waals surface area (Å²) < 4.78 is 47.3. The highest BCUT2D eigenvalue weighted by atomic mass is 31.2. The Balaban J connectivity index is 2.81. The van der Waals surface area contributed by atoms with Gasteiger partial charge in [0.25, 0.3) is 0 Å². The van der Waals surface area contributed by atoms with Crippen LogP contribution in [0.25, 0.3) is 0 Å². The third kappa shape index (κ3) is 6.26. The fraction of sp³-hybridized carbons (Fsp3) is 0.500. The van der Waals surface area contributed by atoms with E-state index in [4.69, 9.17) is 28.4 Å². The SMILES string of the molecule is COc1ccc(C(=O)P(=O)(CC(C)CC(C)(C)C)C(=O)c2ccc(OC)c(OC)c2OC)c(OC)c1OC. The summed E-state index contributed by atoms with van der Waals surface area (Å²) in [5, 5.41) is 0. The molecule has 0 N–H and O–H groups in total. The molecule has 9 nitrogen and oxygen atoms in total. The smallest absolute Gasteiger partial charge is 0.232 e. The van der Waals surface area contributed by atoms with Gasteiger partial charge in [0.1, 0.15) is 0 Å². The van der Waals surface area contributed by atoms with Gasteiger partial charge in [0.05, 0.1) is 53.8 Å². The molecule has 10 heteroatoms. The van der Waals surface area contributed by atoms with Crippen LogP contribution in [0.2, 0.25) is 0 Å². The third-order valence-corrected chi connectivity index (χ3v) is 8.99. The average Bonchev–Trinajstić information content (AvgIpc) is 2.88. The molecule has 0 saturated heterocycles. The van der Waals surface area contributed by atoms with Crippen molar-refractivity contribution in [2.24, 2.45) is 11.3 Å². The molecule has 0 spiro atoms. The van der Waals surface area contributed by atoms with E-state index in [0.29, 0.717) is 17.9 Å². The molecule has 0 heterocycles. The molecule has 1 unspecified atom stereocenters. The quantitative estimate of drug-likeness (QED) is 0.271. The van der Waals surface area contributed by atoms with Crippen LogP contribution >= 0.6 is 7.14 Å². The Bertz CT molecular complexity index is 1130. The molecule has 0 fully saturated rings. The zero-order valence-corrected chi connectivity index (χ0v) is 24.8. The van der Waals surface area contributed by atoms with Crippen molar-refractivity contribution in [3.8, 4) is 34.5 Å². The lowest BCUT2D eigenvalue weighted by Crippen LogP contribution is -2.21. The summed E-state index contributed by atoms with van der Waals surface area (Å²) in [6, 6.07) is 5.89. The predicted molar refractivity (Wildman–Crippen MR) is 147 cm³/mol. The summed E-state index contributed by atoms with van der Waals surface area (Å²) in [5.41, 5.74) is -1.86. The highest BCUT2D eigenvalue weighted by Crippen LogP contribution is 2.58. The molecular weight excluding hydrogens is 511 g/mol. The zero-order valence-electron chi connectivity index (χ0n) is 23.9. The van der Waals surface area contributed by atoms with Crippen LogP contribution in [-0.2, 0) is 4.57 Å². The molecule has 0 radical (unpaired) electrons. The topological polar surface area (TPSA) is 107 Å². The first-order chi connectivity index (χ1) is 17.8. The second kappa shape index (κ2) is 12.6. The zero-order chi connectivity index (χ0) is 28.8. The molecule has 2 aromatic carbocycles. The van der Waals surface area contributed by atoms with Crippen LogP contribution in [0.5, 0.6) is 34.5 Å². The molecule has 1 atom stereocenters. The maximum atomic E-state index is 14.8. The summed E-state index contributed by atoms with van der Waals surface area (Å²) in [5.74, 6) is 0.818. The second-order valence-corrected chi connectivity index (χ2v) is 12.8. The van der Waals surface area contributed by atoms with E-state index in [-0.39, 0.29) is 51.6 Å². The Hall–Kier alpha value is -3.19. The fourth-order valence-corrected chi connectivity index (χ4v) is 7.39. The normalized spacial score (nSPS) is 12.4. The molecule has 38 heavy (non-hydrogen) atoms. The molecule has 0 aliphatic rings. The van der Waals surface area contributed by atoms with Crippen molar-refractivity contribution >= 4 is 18.2 Å². The summed E-state index contributed by atoms with van der Waals surface area (Å²) in [6.07, 6.45) is 0.501. The van der Waals surface area contributed by atoms with Crippen LogP contribution in [0, 0.1) is 11.3 Å². The Kier molecular flexibility index (Phi) is 10.3. The number of ether oxygens (including phenoxy) is 6. The van der Waals surface area contributed by atoms with Gasteiger partial charge in [-0.3, -0.25) is 9.59 Å². The summed E-state index contributed by atoms with van der Waals surface area (Å²) in [6.45, 7) is 8.03. The van der Waals surface area contributed by atoms with Gasteiger partial charge in [-0.2, -0.15) is 0 Å². The molecule has 0 amide bonds. The van der Waals surface area contributed by atoms with Crippen molar-refractivity contribution < 1.29 is 42.6 Å². The van der Waals surface area contributed by atoms with Gasteiger partial charge >= 0.3 is 0 Å². The number of methoxy groups -OCH3 is 6. The van der Waals surface area contributed by atoms with E-state index in [1.54, 1.807) is 0 Å². The Morgan fingerprint density at radius 1 is 0.684 bits per heavy atom. The van der Waals surface area contributed by atoms with Crippen LogP contribution in [0.3, 0.4) is 0 Å². The summed E-state index contributed by atoms with van der Waals surface area (Å²) >= 11 is 0. The minimum atomic E-state index is -4.31. The van der Waals surface area contributed by atoms with Gasteiger partial charge in [-0.15, -0.1) is 0 Å². The Labute approximate surface area is 225 Å². The number of carbonyl (C=O) groups is 2. The predicted octanol–water partition coefficient (Wildman–Crippen LogP) is 6.15. The first-order valence-electron chi connectivity index (χ1n) is 12.1. The van der Waals surface area contributed by atoms with E-state index in [2.05, 4.69) is 0 Å². The van der Waals surface area contributed by atoms with Crippen LogP contribution in [0.4, 0.5) is 0 Å². The van der Waals surface area contributed by atoms with Gasteiger partial charge in [0.15, 0.2) is 23.0 Å². The standard InChI is InChI=1S/C28H39O9P/c1-17(15-28(2,3)4)16-38(31,26(29)18-11-13-20(32-5)24(36-9)22(18)34-7)27(30)19-12-14-21(33-6)25(37-10)23(19)35-8/h11-14,17H,15-16H2,1-10H3. The molecule has 0 aliphatic carbocycles. The number of rotatable bonds is 13. The van der Waals surface area contributed by atoms with Crippen LogP contribution in [-0.4, -0.2) is 59.9 Å². The minimum Gasteiger partial charge on any atom is -0.493 e. The van der Waals surface area contributed by atoms with Crippen molar-refractivity contribution in [3.63, 3.8) is 0 Å².